The van der Waals surface area contributed by atoms with Crippen LogP contribution in [-0.4, -0.2) is 37.4 Å². The zero-order valence-electron chi connectivity index (χ0n) is 10.8. The Morgan fingerprint density at radius 1 is 1.32 bits per heavy atom. The number of hydrogen-bond donors (Lipinski definition) is 3. The van der Waals surface area contributed by atoms with Gasteiger partial charge in [-0.2, -0.15) is 0 Å². The normalized spacial score (nSPS) is 11.6. The smallest absolute Gasteiger partial charge is 0.315 e. The summed E-state index contributed by atoms with van der Waals surface area (Å²) in [6.07, 6.45) is -0.165. The van der Waals surface area contributed by atoms with E-state index in [4.69, 9.17) is 9.84 Å². The molecule has 2 amide bonds. The number of carboxylic acid groups (broad SMARTS) is 1. The van der Waals surface area contributed by atoms with E-state index in [2.05, 4.69) is 10.6 Å². The van der Waals surface area contributed by atoms with Crippen molar-refractivity contribution in [3.63, 3.8) is 0 Å². The Hall–Kier alpha value is -2.08. The molecule has 0 aliphatic heterocycles. The summed E-state index contributed by atoms with van der Waals surface area (Å²) in [5, 5.41) is 14.1. The molecule has 104 valence electrons. The lowest BCUT2D eigenvalue weighted by Gasteiger charge is -2.17. The van der Waals surface area contributed by atoms with Crippen molar-refractivity contribution in [2.45, 2.75) is 12.5 Å². The number of rotatable bonds is 7. The number of hydrogen-bond acceptors (Lipinski definition) is 3. The molecule has 1 aromatic rings. The van der Waals surface area contributed by atoms with E-state index in [0.29, 0.717) is 13.2 Å². The van der Waals surface area contributed by atoms with Crippen LogP contribution in [0.1, 0.15) is 18.0 Å². The topological polar surface area (TPSA) is 87.7 Å². The van der Waals surface area contributed by atoms with Crippen LogP contribution >= 0.6 is 0 Å². The van der Waals surface area contributed by atoms with Crippen LogP contribution in [0.4, 0.5) is 4.79 Å². The molecule has 1 unspecified atom stereocenters. The van der Waals surface area contributed by atoms with E-state index in [1.165, 1.54) is 7.11 Å². The molecule has 0 radical (unpaired) electrons. The van der Waals surface area contributed by atoms with Crippen LogP contribution in [0.15, 0.2) is 30.3 Å². The van der Waals surface area contributed by atoms with Gasteiger partial charge in [-0.1, -0.05) is 30.3 Å². The maximum atomic E-state index is 11.6. The van der Waals surface area contributed by atoms with Gasteiger partial charge in [0.25, 0.3) is 0 Å². The molecule has 1 rings (SSSR count). The molecule has 3 N–H and O–H groups in total. The average Bonchev–Trinajstić information content (AvgIpc) is 2.39. The van der Waals surface area contributed by atoms with Crippen molar-refractivity contribution in [3.05, 3.63) is 35.9 Å². The van der Waals surface area contributed by atoms with Gasteiger partial charge in [0, 0.05) is 13.7 Å². The zero-order chi connectivity index (χ0) is 14.1. The second-order valence-electron chi connectivity index (χ2n) is 3.95. The number of methoxy groups -OCH3 is 1. The number of carboxylic acids is 1. The Labute approximate surface area is 111 Å². The van der Waals surface area contributed by atoms with Crippen molar-refractivity contribution < 1.29 is 19.4 Å². The lowest BCUT2D eigenvalue weighted by molar-refractivity contribution is -0.137. The van der Waals surface area contributed by atoms with Gasteiger partial charge < -0.3 is 20.5 Å². The van der Waals surface area contributed by atoms with Crippen LogP contribution in [-0.2, 0) is 9.53 Å². The minimum absolute atomic E-state index is 0.165. The van der Waals surface area contributed by atoms with Crippen molar-refractivity contribution in [1.29, 1.82) is 0 Å². The number of carbonyl (C=O) groups excluding carboxylic acids is 1. The van der Waals surface area contributed by atoms with Crippen molar-refractivity contribution >= 4 is 12.0 Å². The highest BCUT2D eigenvalue weighted by Crippen LogP contribution is 2.16. The number of urea groups is 1. The number of aliphatic carboxylic acids is 1. The Morgan fingerprint density at radius 3 is 2.58 bits per heavy atom. The fraction of sp³-hybridized carbons (Fsp3) is 0.385. The summed E-state index contributed by atoms with van der Waals surface area (Å²) in [4.78, 5) is 22.4. The fourth-order valence-electron chi connectivity index (χ4n) is 1.59. The molecule has 0 aromatic heterocycles. The molecule has 0 aliphatic rings. The number of benzene rings is 1. The van der Waals surface area contributed by atoms with Gasteiger partial charge >= 0.3 is 12.0 Å². The van der Waals surface area contributed by atoms with Crippen LogP contribution in [0, 0.1) is 0 Å². The Morgan fingerprint density at radius 2 is 2.00 bits per heavy atom. The third-order valence-electron chi connectivity index (χ3n) is 2.48. The largest absolute Gasteiger partial charge is 0.481 e. The minimum atomic E-state index is -0.967. The molecule has 0 heterocycles. The van der Waals surface area contributed by atoms with E-state index in [1.807, 2.05) is 6.07 Å². The third-order valence-corrected chi connectivity index (χ3v) is 2.48. The molecular formula is C13H18N2O4. The van der Waals surface area contributed by atoms with Gasteiger partial charge in [-0.3, -0.25) is 4.79 Å². The first-order valence-electron chi connectivity index (χ1n) is 5.93. The van der Waals surface area contributed by atoms with E-state index in [9.17, 15) is 9.59 Å². The number of carbonyl (C=O) groups is 2. The number of nitrogens with one attached hydrogen (secondary N) is 2. The Balaban J connectivity index is 2.60. The highest BCUT2D eigenvalue weighted by Gasteiger charge is 2.17. The van der Waals surface area contributed by atoms with Crippen molar-refractivity contribution in [2.24, 2.45) is 0 Å². The van der Waals surface area contributed by atoms with Gasteiger partial charge in [-0.05, 0) is 5.56 Å². The van der Waals surface area contributed by atoms with Gasteiger partial charge in [0.05, 0.1) is 19.1 Å². The molecule has 1 aromatic carbocycles. The van der Waals surface area contributed by atoms with E-state index < -0.39 is 18.0 Å². The summed E-state index contributed by atoms with van der Waals surface area (Å²) in [5.74, 6) is -0.967. The predicted octanol–water partition coefficient (Wildman–Crippen LogP) is 1.15. The second kappa shape index (κ2) is 8.10. The summed E-state index contributed by atoms with van der Waals surface area (Å²) >= 11 is 0. The van der Waals surface area contributed by atoms with Gasteiger partial charge in [-0.15, -0.1) is 0 Å². The van der Waals surface area contributed by atoms with Gasteiger partial charge in [0.1, 0.15) is 0 Å². The van der Waals surface area contributed by atoms with Gasteiger partial charge in [0.15, 0.2) is 0 Å². The van der Waals surface area contributed by atoms with E-state index in [1.54, 1.807) is 24.3 Å². The summed E-state index contributed by atoms with van der Waals surface area (Å²) in [6, 6.07) is 8.03. The van der Waals surface area contributed by atoms with Crippen molar-refractivity contribution in [2.75, 3.05) is 20.3 Å². The molecule has 6 heteroatoms. The maximum absolute atomic E-state index is 11.6. The summed E-state index contributed by atoms with van der Waals surface area (Å²) in [5.41, 5.74) is 0.756. The molecule has 0 saturated carbocycles. The number of ether oxygens (including phenoxy) is 1. The first-order valence-corrected chi connectivity index (χ1v) is 5.93. The lowest BCUT2D eigenvalue weighted by atomic mass is 10.0. The standard InChI is InChI=1S/C13H18N2O4/c1-19-8-7-14-13(18)15-11(9-12(16)17)10-5-3-2-4-6-10/h2-6,11H,7-9H2,1H3,(H,16,17)(H2,14,15,18). The van der Waals surface area contributed by atoms with Gasteiger partial charge in [0.2, 0.25) is 0 Å². The quantitative estimate of drug-likeness (QED) is 0.646. The molecule has 0 bridgehead atoms. The third kappa shape index (κ3) is 5.87. The highest BCUT2D eigenvalue weighted by atomic mass is 16.5. The van der Waals surface area contributed by atoms with Crippen molar-refractivity contribution in [3.8, 4) is 0 Å². The molecule has 0 spiro atoms. The molecule has 0 saturated heterocycles. The SMILES string of the molecule is COCCNC(=O)NC(CC(=O)O)c1ccccc1. The maximum Gasteiger partial charge on any atom is 0.315 e. The Bertz CT molecular complexity index is 408. The second-order valence-corrected chi connectivity index (χ2v) is 3.95. The summed E-state index contributed by atoms with van der Waals surface area (Å²) < 4.78 is 4.81. The first kappa shape index (κ1) is 15.0. The zero-order valence-corrected chi connectivity index (χ0v) is 10.8. The molecule has 6 nitrogen and oxygen atoms in total. The van der Waals surface area contributed by atoms with E-state index >= 15 is 0 Å². The van der Waals surface area contributed by atoms with Crippen LogP contribution < -0.4 is 10.6 Å². The molecule has 19 heavy (non-hydrogen) atoms. The monoisotopic (exact) mass is 266 g/mol. The van der Waals surface area contributed by atoms with Crippen LogP contribution in [0.2, 0.25) is 0 Å². The minimum Gasteiger partial charge on any atom is -0.481 e. The molecule has 0 fully saturated rings. The van der Waals surface area contributed by atoms with E-state index in [-0.39, 0.29) is 6.42 Å². The number of amides is 2. The molecule has 0 aliphatic carbocycles. The van der Waals surface area contributed by atoms with Crippen LogP contribution in [0.3, 0.4) is 0 Å². The van der Waals surface area contributed by atoms with Crippen molar-refractivity contribution in [1.82, 2.24) is 10.6 Å². The Kier molecular flexibility index (Phi) is 6.38. The van der Waals surface area contributed by atoms with Crippen LogP contribution in [0.5, 0.6) is 0 Å². The highest BCUT2D eigenvalue weighted by molar-refractivity contribution is 5.76. The predicted molar refractivity (Wildman–Crippen MR) is 69.8 cm³/mol. The lowest BCUT2D eigenvalue weighted by Crippen LogP contribution is -2.40. The van der Waals surface area contributed by atoms with E-state index in [0.717, 1.165) is 5.56 Å². The molecular weight excluding hydrogens is 248 g/mol. The van der Waals surface area contributed by atoms with Gasteiger partial charge in [-0.25, -0.2) is 4.79 Å². The summed E-state index contributed by atoms with van der Waals surface area (Å²) in [6.45, 7) is 0.777. The average molecular weight is 266 g/mol. The summed E-state index contributed by atoms with van der Waals surface area (Å²) in [7, 11) is 1.54. The fourth-order valence-corrected chi connectivity index (χ4v) is 1.59. The van der Waals surface area contributed by atoms with Crippen LogP contribution in [0.25, 0.3) is 0 Å². The molecule has 1 atom stereocenters. The first-order chi connectivity index (χ1) is 9.13.